The van der Waals surface area contributed by atoms with E-state index in [-0.39, 0.29) is 43.6 Å². The summed E-state index contributed by atoms with van der Waals surface area (Å²) in [6.07, 6.45) is 1.18. The highest BCUT2D eigenvalue weighted by Crippen LogP contribution is 2.33. The van der Waals surface area contributed by atoms with Gasteiger partial charge >= 0.3 is 0 Å². The fourth-order valence-corrected chi connectivity index (χ4v) is 5.52. The summed E-state index contributed by atoms with van der Waals surface area (Å²) in [6.45, 7) is 1.58. The molecule has 0 spiro atoms. The smallest absolute Gasteiger partial charge is 0.246 e. The molecule has 222 valence electrons. The Morgan fingerprint density at radius 2 is 1.66 bits per heavy atom. The molecule has 1 fully saturated rings. The standard InChI is InChI=1S/C29H39N5O6S/c1-20(30)27(36)32-24(14-15-41(3,39)40)28(37)34-18-23(22-12-8-5-9-13-22)16-25(34)29(38)33(19-26(35)31-2)17-21-10-6-4-7-11-21/h4-13,20,23-25H,14-19,30H2,1-3H3,(H,31,35)(H,32,36)/t20?,23-,24?,25-/m0/s1. The lowest BCUT2D eigenvalue weighted by Gasteiger charge is -2.32. The minimum atomic E-state index is -3.45. The molecule has 0 saturated carbocycles. The normalized spacial score (nSPS) is 18.3. The zero-order chi connectivity index (χ0) is 30.2. The number of carbonyl (C=O) groups excluding carboxylic acids is 4. The molecule has 2 aromatic carbocycles. The minimum absolute atomic E-state index is 0.153. The average Bonchev–Trinajstić information content (AvgIpc) is 3.40. The molecule has 4 amide bonds. The second kappa shape index (κ2) is 14.2. The van der Waals surface area contributed by atoms with Gasteiger partial charge in [0.15, 0.2) is 0 Å². The van der Waals surface area contributed by atoms with Crippen LogP contribution in [0.15, 0.2) is 60.7 Å². The highest BCUT2D eigenvalue weighted by molar-refractivity contribution is 7.90. The first-order valence-electron chi connectivity index (χ1n) is 13.5. The lowest BCUT2D eigenvalue weighted by atomic mass is 9.96. The van der Waals surface area contributed by atoms with Gasteiger partial charge in [0.2, 0.25) is 23.6 Å². The van der Waals surface area contributed by atoms with Crippen LogP contribution in [-0.4, -0.2) is 92.1 Å². The van der Waals surface area contributed by atoms with E-state index in [2.05, 4.69) is 10.6 Å². The van der Waals surface area contributed by atoms with E-state index in [9.17, 15) is 27.6 Å². The van der Waals surface area contributed by atoms with Gasteiger partial charge in [-0.3, -0.25) is 19.2 Å². The minimum Gasteiger partial charge on any atom is -0.358 e. The Bertz CT molecular complexity index is 1320. The zero-order valence-electron chi connectivity index (χ0n) is 23.7. The van der Waals surface area contributed by atoms with E-state index < -0.39 is 45.7 Å². The Labute approximate surface area is 241 Å². The van der Waals surface area contributed by atoms with Crippen molar-refractivity contribution < 1.29 is 27.6 Å². The van der Waals surface area contributed by atoms with Gasteiger partial charge in [-0.25, -0.2) is 8.42 Å². The van der Waals surface area contributed by atoms with Crippen molar-refractivity contribution in [3.8, 4) is 0 Å². The van der Waals surface area contributed by atoms with E-state index in [4.69, 9.17) is 5.73 Å². The Morgan fingerprint density at radius 3 is 2.22 bits per heavy atom. The summed E-state index contributed by atoms with van der Waals surface area (Å²) < 4.78 is 23.9. The summed E-state index contributed by atoms with van der Waals surface area (Å²) in [5, 5.41) is 5.13. The molecule has 11 nitrogen and oxygen atoms in total. The number of amides is 4. The van der Waals surface area contributed by atoms with Crippen LogP contribution in [0.1, 0.15) is 36.8 Å². The predicted octanol–water partition coefficient (Wildman–Crippen LogP) is 0.413. The van der Waals surface area contributed by atoms with E-state index >= 15 is 0 Å². The summed E-state index contributed by atoms with van der Waals surface area (Å²) in [4.78, 5) is 55.8. The van der Waals surface area contributed by atoms with Crippen LogP contribution in [0.4, 0.5) is 0 Å². The molecule has 12 heteroatoms. The molecule has 4 N–H and O–H groups in total. The van der Waals surface area contributed by atoms with E-state index in [1.165, 1.54) is 23.8 Å². The Hall–Kier alpha value is -3.77. The molecule has 1 heterocycles. The third-order valence-electron chi connectivity index (χ3n) is 7.09. The molecule has 0 radical (unpaired) electrons. The molecule has 1 aliphatic rings. The number of benzene rings is 2. The number of nitrogens with two attached hydrogens (primary N) is 1. The second-order valence-corrected chi connectivity index (χ2v) is 12.7. The third kappa shape index (κ3) is 9.12. The van der Waals surface area contributed by atoms with Crippen molar-refractivity contribution in [3.63, 3.8) is 0 Å². The average molecular weight is 586 g/mol. The van der Waals surface area contributed by atoms with E-state index in [1.54, 1.807) is 0 Å². The maximum Gasteiger partial charge on any atom is 0.246 e. The number of rotatable bonds is 12. The largest absolute Gasteiger partial charge is 0.358 e. The number of carbonyl (C=O) groups is 4. The lowest BCUT2D eigenvalue weighted by molar-refractivity contribution is -0.147. The van der Waals surface area contributed by atoms with Crippen LogP contribution in [0.5, 0.6) is 0 Å². The first kappa shape index (κ1) is 31.8. The van der Waals surface area contributed by atoms with E-state index in [0.717, 1.165) is 17.4 Å². The Balaban J connectivity index is 1.98. The van der Waals surface area contributed by atoms with Gasteiger partial charge in [0.1, 0.15) is 21.9 Å². The summed E-state index contributed by atoms with van der Waals surface area (Å²) >= 11 is 0. The van der Waals surface area contributed by atoms with Crippen LogP contribution in [0.25, 0.3) is 0 Å². The SMILES string of the molecule is CNC(=O)CN(Cc1ccccc1)C(=O)[C@@H]1C[C@H](c2ccccc2)CN1C(=O)C(CCS(C)(=O)=O)NC(=O)C(C)N. The van der Waals surface area contributed by atoms with E-state index in [0.29, 0.717) is 6.42 Å². The quantitative estimate of drug-likeness (QED) is 0.325. The number of hydrogen-bond acceptors (Lipinski definition) is 7. The molecular weight excluding hydrogens is 546 g/mol. The molecule has 0 aliphatic carbocycles. The van der Waals surface area contributed by atoms with Crippen molar-refractivity contribution in [3.05, 3.63) is 71.8 Å². The molecule has 1 saturated heterocycles. The summed E-state index contributed by atoms with van der Waals surface area (Å²) in [5.74, 6) is -2.48. The number of nitrogens with one attached hydrogen (secondary N) is 2. The first-order valence-corrected chi connectivity index (χ1v) is 15.6. The summed E-state index contributed by atoms with van der Waals surface area (Å²) in [6, 6.07) is 15.6. The van der Waals surface area contributed by atoms with Crippen molar-refractivity contribution in [1.29, 1.82) is 0 Å². The first-order chi connectivity index (χ1) is 19.4. The van der Waals surface area contributed by atoms with Crippen LogP contribution in [0.3, 0.4) is 0 Å². The number of likely N-dealkylation sites (N-methyl/N-ethyl adjacent to an activating group) is 1. The third-order valence-corrected chi connectivity index (χ3v) is 8.06. The van der Waals surface area contributed by atoms with Crippen LogP contribution >= 0.6 is 0 Å². The number of sulfone groups is 1. The van der Waals surface area contributed by atoms with Crippen molar-refractivity contribution in [2.24, 2.45) is 5.73 Å². The van der Waals surface area contributed by atoms with Crippen LogP contribution in [0.2, 0.25) is 0 Å². The fourth-order valence-electron chi connectivity index (χ4n) is 4.85. The van der Waals surface area contributed by atoms with E-state index in [1.807, 2.05) is 60.7 Å². The number of hydrogen-bond donors (Lipinski definition) is 3. The van der Waals surface area contributed by atoms with Crippen LogP contribution in [0, 0.1) is 0 Å². The van der Waals surface area contributed by atoms with Gasteiger partial charge in [0.25, 0.3) is 0 Å². The molecule has 2 unspecified atom stereocenters. The fraction of sp³-hybridized carbons (Fsp3) is 0.448. The topological polar surface area (TPSA) is 159 Å². The molecule has 4 atom stereocenters. The maximum atomic E-state index is 14.1. The van der Waals surface area contributed by atoms with Gasteiger partial charge < -0.3 is 26.2 Å². The Morgan fingerprint density at radius 1 is 1.05 bits per heavy atom. The van der Waals surface area contributed by atoms with Crippen LogP contribution in [-0.2, 0) is 35.6 Å². The number of nitrogens with zero attached hydrogens (tertiary/aromatic N) is 2. The van der Waals surface area contributed by atoms with Crippen molar-refractivity contribution >= 4 is 33.5 Å². The van der Waals surface area contributed by atoms with Gasteiger partial charge in [-0.2, -0.15) is 0 Å². The monoisotopic (exact) mass is 585 g/mol. The molecular formula is C29H39N5O6S. The maximum absolute atomic E-state index is 14.1. The molecule has 0 bridgehead atoms. The van der Waals surface area contributed by atoms with Crippen molar-refractivity contribution in [1.82, 2.24) is 20.4 Å². The molecule has 1 aliphatic heterocycles. The van der Waals surface area contributed by atoms with Gasteiger partial charge in [0, 0.05) is 32.3 Å². The lowest BCUT2D eigenvalue weighted by Crippen LogP contribution is -2.56. The molecule has 2 aromatic rings. The van der Waals surface area contributed by atoms with Crippen molar-refractivity contribution in [2.75, 3.05) is 32.1 Å². The molecule has 0 aromatic heterocycles. The molecule has 3 rings (SSSR count). The highest BCUT2D eigenvalue weighted by atomic mass is 32.2. The summed E-state index contributed by atoms with van der Waals surface area (Å²) in [5.41, 5.74) is 7.47. The Kier molecular flexibility index (Phi) is 11.0. The highest BCUT2D eigenvalue weighted by Gasteiger charge is 2.44. The number of likely N-dealkylation sites (tertiary alicyclic amines) is 1. The summed E-state index contributed by atoms with van der Waals surface area (Å²) in [7, 11) is -1.97. The van der Waals surface area contributed by atoms with Gasteiger partial charge in [-0.05, 0) is 30.9 Å². The van der Waals surface area contributed by atoms with Gasteiger partial charge in [-0.1, -0.05) is 60.7 Å². The zero-order valence-corrected chi connectivity index (χ0v) is 24.5. The van der Waals surface area contributed by atoms with Crippen molar-refractivity contribution in [2.45, 2.75) is 50.4 Å². The van der Waals surface area contributed by atoms with Crippen LogP contribution < -0.4 is 16.4 Å². The van der Waals surface area contributed by atoms with Gasteiger partial charge in [-0.15, -0.1) is 0 Å². The predicted molar refractivity (Wildman–Crippen MR) is 155 cm³/mol. The second-order valence-electron chi connectivity index (χ2n) is 10.5. The molecule has 41 heavy (non-hydrogen) atoms. The van der Waals surface area contributed by atoms with Gasteiger partial charge in [0.05, 0.1) is 18.3 Å².